The summed E-state index contributed by atoms with van der Waals surface area (Å²) in [6.07, 6.45) is 3.95. The number of benzene rings is 3. The fourth-order valence-corrected chi connectivity index (χ4v) is 7.52. The van der Waals surface area contributed by atoms with Crippen LogP contribution in [0.3, 0.4) is 0 Å². The highest BCUT2D eigenvalue weighted by molar-refractivity contribution is 7.14. The normalized spacial score (nSPS) is 11.5. The van der Waals surface area contributed by atoms with E-state index in [-0.39, 0.29) is 0 Å². The van der Waals surface area contributed by atoms with Crippen molar-refractivity contribution in [1.82, 2.24) is 0 Å². The zero-order chi connectivity index (χ0) is 18.1. The van der Waals surface area contributed by atoms with Crippen LogP contribution in [0.4, 0.5) is 0 Å². The van der Waals surface area contributed by atoms with Crippen molar-refractivity contribution in [2.75, 3.05) is 13.2 Å². The predicted octanol–water partition coefficient (Wildman–Crippen LogP) is 3.45. The molecule has 3 aromatic rings. The first-order valence-corrected chi connectivity index (χ1v) is 11.0. The van der Waals surface area contributed by atoms with E-state index in [1.165, 1.54) is 15.6 Å². The molecule has 0 unspecified atom stereocenters. The summed E-state index contributed by atoms with van der Waals surface area (Å²) in [6.45, 7) is 4.87. The number of hydrogen-bond acceptors (Lipinski definition) is 1. The fourth-order valence-electron chi connectivity index (χ4n) is 3.34. The molecular formula is C24H24OSi. The van der Waals surface area contributed by atoms with Gasteiger partial charge < -0.3 is 4.74 Å². The third-order valence-corrected chi connectivity index (χ3v) is 8.97. The van der Waals surface area contributed by atoms with Crippen LogP contribution in [0.2, 0.25) is 0 Å². The molecule has 0 atom stereocenters. The Balaban J connectivity index is 2.16. The molecule has 0 aliphatic rings. The zero-order valence-corrected chi connectivity index (χ0v) is 15.9. The molecule has 0 saturated heterocycles. The van der Waals surface area contributed by atoms with Crippen LogP contribution in [0.25, 0.3) is 0 Å². The molecular weight excluding hydrogens is 332 g/mol. The molecule has 0 amide bonds. The van der Waals surface area contributed by atoms with Gasteiger partial charge in [-0.2, -0.15) is 0 Å². The van der Waals surface area contributed by atoms with Crippen molar-refractivity contribution in [3.05, 3.63) is 115 Å². The van der Waals surface area contributed by atoms with Gasteiger partial charge >= 0.3 is 0 Å². The number of rotatable bonds is 8. The van der Waals surface area contributed by atoms with Crippen molar-refractivity contribution < 1.29 is 4.74 Å². The van der Waals surface area contributed by atoms with Crippen molar-refractivity contribution in [1.29, 1.82) is 0 Å². The van der Waals surface area contributed by atoms with Crippen LogP contribution in [0, 0.1) is 0 Å². The lowest BCUT2D eigenvalue weighted by atomic mass is 10.3. The summed E-state index contributed by atoms with van der Waals surface area (Å²) in [5.74, 6) is 0. The van der Waals surface area contributed by atoms with Crippen LogP contribution in [0.1, 0.15) is 0 Å². The smallest absolute Gasteiger partial charge is 0.172 e. The Hall–Kier alpha value is -2.68. The van der Waals surface area contributed by atoms with Gasteiger partial charge in [0.15, 0.2) is 8.07 Å². The SMILES string of the molecule is C=CCOC/C=C/[Si](c1ccccc1)(c1ccccc1)c1ccccc1. The third-order valence-electron chi connectivity index (χ3n) is 4.51. The van der Waals surface area contributed by atoms with Crippen LogP contribution in [-0.2, 0) is 4.74 Å². The highest BCUT2D eigenvalue weighted by Gasteiger charge is 2.36. The molecule has 2 heteroatoms. The quantitative estimate of drug-likeness (QED) is 0.260. The molecule has 0 radical (unpaired) electrons. The Kier molecular flexibility index (Phi) is 6.37. The summed E-state index contributed by atoms with van der Waals surface area (Å²) in [7, 11) is -2.27. The maximum Gasteiger partial charge on any atom is 0.172 e. The van der Waals surface area contributed by atoms with Gasteiger partial charge in [0, 0.05) is 0 Å². The van der Waals surface area contributed by atoms with Crippen molar-refractivity contribution in [3.63, 3.8) is 0 Å². The van der Waals surface area contributed by atoms with Gasteiger partial charge in [-0.25, -0.2) is 0 Å². The Morgan fingerprint density at radius 2 is 1.08 bits per heavy atom. The topological polar surface area (TPSA) is 9.23 Å². The molecule has 0 bridgehead atoms. The average Bonchev–Trinajstić information content (AvgIpc) is 2.73. The van der Waals surface area contributed by atoms with E-state index in [2.05, 4.69) is 109 Å². The second-order valence-electron chi connectivity index (χ2n) is 6.13. The number of hydrogen-bond donors (Lipinski definition) is 0. The lowest BCUT2D eigenvalue weighted by Crippen LogP contribution is -2.66. The summed E-state index contributed by atoms with van der Waals surface area (Å²) in [6, 6.07) is 32.5. The molecule has 0 aliphatic carbocycles. The van der Waals surface area contributed by atoms with E-state index in [0.717, 1.165) is 0 Å². The lowest BCUT2D eigenvalue weighted by Gasteiger charge is -2.30. The number of ether oxygens (including phenoxy) is 1. The van der Waals surface area contributed by atoms with Gasteiger partial charge in [0.25, 0.3) is 0 Å². The van der Waals surface area contributed by atoms with Crippen molar-refractivity contribution >= 4 is 23.6 Å². The molecule has 130 valence electrons. The van der Waals surface area contributed by atoms with E-state index < -0.39 is 8.07 Å². The molecule has 0 saturated carbocycles. The lowest BCUT2D eigenvalue weighted by molar-refractivity contribution is 0.194. The van der Waals surface area contributed by atoms with E-state index >= 15 is 0 Å². The maximum absolute atomic E-state index is 5.60. The van der Waals surface area contributed by atoms with Crippen molar-refractivity contribution in [2.24, 2.45) is 0 Å². The van der Waals surface area contributed by atoms with Crippen molar-refractivity contribution in [3.8, 4) is 0 Å². The summed E-state index contributed by atoms with van der Waals surface area (Å²) < 4.78 is 5.60. The Bertz CT molecular complexity index is 729. The van der Waals surface area contributed by atoms with E-state index in [4.69, 9.17) is 4.74 Å². The minimum absolute atomic E-state index is 0.570. The first kappa shape index (κ1) is 18.1. The predicted molar refractivity (Wildman–Crippen MR) is 114 cm³/mol. The minimum Gasteiger partial charge on any atom is -0.373 e. The fraction of sp³-hybridized carbons (Fsp3) is 0.0833. The Morgan fingerprint density at radius 3 is 1.46 bits per heavy atom. The van der Waals surface area contributed by atoms with Gasteiger partial charge in [-0.05, 0) is 15.6 Å². The molecule has 3 aromatic carbocycles. The van der Waals surface area contributed by atoms with Gasteiger partial charge in [-0.1, -0.05) is 109 Å². The second kappa shape index (κ2) is 9.14. The minimum atomic E-state index is -2.27. The second-order valence-corrected chi connectivity index (χ2v) is 9.82. The van der Waals surface area contributed by atoms with Gasteiger partial charge in [-0.3, -0.25) is 0 Å². The highest BCUT2D eigenvalue weighted by Crippen LogP contribution is 2.09. The molecule has 0 heterocycles. The van der Waals surface area contributed by atoms with Gasteiger partial charge in [0.2, 0.25) is 0 Å². The van der Waals surface area contributed by atoms with Crippen LogP contribution >= 0.6 is 0 Å². The first-order valence-electron chi connectivity index (χ1n) is 8.91. The molecule has 0 aromatic heterocycles. The highest BCUT2D eigenvalue weighted by atomic mass is 28.3. The summed E-state index contributed by atoms with van der Waals surface area (Å²) in [4.78, 5) is 0. The van der Waals surface area contributed by atoms with Gasteiger partial charge in [-0.15, -0.1) is 6.58 Å². The van der Waals surface area contributed by atoms with Gasteiger partial charge in [0.05, 0.1) is 13.2 Å². The van der Waals surface area contributed by atoms with Crippen LogP contribution < -0.4 is 15.6 Å². The third kappa shape index (κ3) is 3.93. The van der Waals surface area contributed by atoms with Crippen LogP contribution in [-0.4, -0.2) is 21.3 Å². The maximum atomic E-state index is 5.60. The van der Waals surface area contributed by atoms with E-state index in [0.29, 0.717) is 13.2 Å². The summed E-state index contributed by atoms with van der Waals surface area (Å²) >= 11 is 0. The monoisotopic (exact) mass is 356 g/mol. The molecule has 0 N–H and O–H groups in total. The van der Waals surface area contributed by atoms with Crippen LogP contribution in [0.5, 0.6) is 0 Å². The molecule has 0 aliphatic heterocycles. The molecule has 0 spiro atoms. The van der Waals surface area contributed by atoms with Crippen LogP contribution in [0.15, 0.2) is 115 Å². The zero-order valence-electron chi connectivity index (χ0n) is 14.9. The first-order chi connectivity index (χ1) is 12.9. The largest absolute Gasteiger partial charge is 0.373 e. The molecule has 0 fully saturated rings. The summed E-state index contributed by atoms with van der Waals surface area (Å²) in [5.41, 5.74) is 2.40. The Morgan fingerprint density at radius 1 is 0.654 bits per heavy atom. The molecule has 1 nitrogen and oxygen atoms in total. The van der Waals surface area contributed by atoms with E-state index in [1.54, 1.807) is 6.08 Å². The molecule has 26 heavy (non-hydrogen) atoms. The average molecular weight is 357 g/mol. The van der Waals surface area contributed by atoms with E-state index in [9.17, 15) is 0 Å². The van der Waals surface area contributed by atoms with Crippen molar-refractivity contribution in [2.45, 2.75) is 0 Å². The summed E-state index contributed by atoms with van der Waals surface area (Å²) in [5, 5.41) is 4.12. The standard InChI is InChI=1S/C24H24OSi/c1-2-19-25-20-12-21-26(22-13-6-3-7-14-22,23-15-8-4-9-16-23)24-17-10-5-11-18-24/h2-18,21H,1,19-20H2/b21-12+. The van der Waals surface area contributed by atoms with E-state index in [1.807, 2.05) is 0 Å². The molecule has 3 rings (SSSR count). The van der Waals surface area contributed by atoms with Gasteiger partial charge in [0.1, 0.15) is 0 Å². The Labute approximate surface area is 157 Å².